The van der Waals surface area contributed by atoms with Crippen molar-refractivity contribution in [1.82, 2.24) is 14.8 Å². The number of aromatic nitrogens is 3. The van der Waals surface area contributed by atoms with E-state index in [-0.39, 0.29) is 0 Å². The number of hydrogen-bond donors (Lipinski definition) is 1. The zero-order valence-electron chi connectivity index (χ0n) is 8.01. The van der Waals surface area contributed by atoms with Gasteiger partial charge in [-0.2, -0.15) is 5.10 Å². The van der Waals surface area contributed by atoms with Crippen LogP contribution in [-0.4, -0.2) is 14.8 Å². The van der Waals surface area contributed by atoms with Crippen molar-refractivity contribution >= 4 is 5.69 Å². The summed E-state index contributed by atoms with van der Waals surface area (Å²) in [5, 5.41) is 4.29. The fourth-order valence-corrected chi connectivity index (χ4v) is 1.26. The Morgan fingerprint density at radius 2 is 2.29 bits per heavy atom. The third kappa shape index (κ3) is 1.59. The quantitative estimate of drug-likeness (QED) is 0.727. The molecule has 14 heavy (non-hydrogen) atoms. The van der Waals surface area contributed by atoms with Gasteiger partial charge in [-0.25, -0.2) is 4.98 Å². The number of rotatable bonds is 2. The molecule has 2 aromatic rings. The van der Waals surface area contributed by atoms with Gasteiger partial charge in [0.25, 0.3) is 0 Å². The molecule has 0 fully saturated rings. The largest absolute Gasteiger partial charge is 0.399 e. The molecule has 1 aromatic heterocycles. The monoisotopic (exact) mass is 188 g/mol. The van der Waals surface area contributed by atoms with Gasteiger partial charge in [0.2, 0.25) is 0 Å². The van der Waals surface area contributed by atoms with Gasteiger partial charge < -0.3 is 5.73 Å². The third-order valence-corrected chi connectivity index (χ3v) is 2.01. The van der Waals surface area contributed by atoms with Gasteiger partial charge in [0.1, 0.15) is 6.33 Å². The van der Waals surface area contributed by atoms with Crippen LogP contribution in [0.4, 0.5) is 5.69 Å². The maximum atomic E-state index is 5.67. The SMILES string of the molecule is CCn1cnc(-c2cccc(N)c2)n1. The molecule has 0 aliphatic heterocycles. The highest BCUT2D eigenvalue weighted by Crippen LogP contribution is 2.16. The summed E-state index contributed by atoms with van der Waals surface area (Å²) in [6.45, 7) is 2.85. The van der Waals surface area contributed by atoms with E-state index in [0.29, 0.717) is 0 Å². The first kappa shape index (κ1) is 8.74. The van der Waals surface area contributed by atoms with Crippen LogP contribution >= 0.6 is 0 Å². The van der Waals surface area contributed by atoms with E-state index in [9.17, 15) is 0 Å². The Morgan fingerprint density at radius 1 is 1.43 bits per heavy atom. The first-order valence-corrected chi connectivity index (χ1v) is 4.55. The Balaban J connectivity index is 2.39. The second-order valence-electron chi connectivity index (χ2n) is 3.05. The molecule has 0 atom stereocenters. The van der Waals surface area contributed by atoms with Crippen LogP contribution < -0.4 is 5.73 Å². The molecule has 72 valence electrons. The average Bonchev–Trinajstić information content (AvgIpc) is 2.66. The summed E-state index contributed by atoms with van der Waals surface area (Å²) in [5.41, 5.74) is 7.36. The molecule has 0 unspecified atom stereocenters. The second kappa shape index (κ2) is 3.49. The van der Waals surface area contributed by atoms with Gasteiger partial charge in [0.05, 0.1) is 0 Å². The second-order valence-corrected chi connectivity index (χ2v) is 3.05. The summed E-state index contributed by atoms with van der Waals surface area (Å²) in [6, 6.07) is 7.57. The average molecular weight is 188 g/mol. The summed E-state index contributed by atoms with van der Waals surface area (Å²) in [5.74, 6) is 0.721. The first-order chi connectivity index (χ1) is 6.79. The lowest BCUT2D eigenvalue weighted by atomic mass is 10.2. The molecule has 0 spiro atoms. The van der Waals surface area contributed by atoms with Crippen molar-refractivity contribution in [2.75, 3.05) is 5.73 Å². The molecular formula is C10H12N4. The molecule has 2 N–H and O–H groups in total. The fraction of sp³-hybridized carbons (Fsp3) is 0.200. The van der Waals surface area contributed by atoms with Crippen molar-refractivity contribution in [3.63, 3.8) is 0 Å². The van der Waals surface area contributed by atoms with E-state index < -0.39 is 0 Å². The van der Waals surface area contributed by atoms with Crippen LogP contribution in [0.1, 0.15) is 6.92 Å². The first-order valence-electron chi connectivity index (χ1n) is 4.55. The van der Waals surface area contributed by atoms with E-state index in [0.717, 1.165) is 23.6 Å². The van der Waals surface area contributed by atoms with Gasteiger partial charge in [0, 0.05) is 17.8 Å². The van der Waals surface area contributed by atoms with Crippen LogP contribution in [0.25, 0.3) is 11.4 Å². The van der Waals surface area contributed by atoms with Crippen molar-refractivity contribution in [2.45, 2.75) is 13.5 Å². The Kier molecular flexibility index (Phi) is 2.18. The zero-order chi connectivity index (χ0) is 9.97. The van der Waals surface area contributed by atoms with E-state index in [1.165, 1.54) is 0 Å². The van der Waals surface area contributed by atoms with E-state index in [4.69, 9.17) is 5.73 Å². The molecule has 4 heteroatoms. The summed E-state index contributed by atoms with van der Waals surface area (Å²) in [7, 11) is 0. The van der Waals surface area contributed by atoms with Gasteiger partial charge in [-0.1, -0.05) is 12.1 Å². The van der Waals surface area contributed by atoms with Crippen LogP contribution in [0.3, 0.4) is 0 Å². The van der Waals surface area contributed by atoms with Gasteiger partial charge in [-0.05, 0) is 19.1 Å². The standard InChI is InChI=1S/C10H12N4/c1-2-14-7-12-10(13-14)8-4-3-5-9(11)6-8/h3-7H,2,11H2,1H3. The molecule has 0 radical (unpaired) electrons. The molecule has 1 heterocycles. The summed E-state index contributed by atoms with van der Waals surface area (Å²) >= 11 is 0. The van der Waals surface area contributed by atoms with Crippen molar-refractivity contribution < 1.29 is 0 Å². The number of nitrogen functional groups attached to an aromatic ring is 1. The van der Waals surface area contributed by atoms with Crippen LogP contribution in [0.15, 0.2) is 30.6 Å². The lowest BCUT2D eigenvalue weighted by Gasteiger charge is -1.96. The van der Waals surface area contributed by atoms with Crippen LogP contribution in [-0.2, 0) is 6.54 Å². The van der Waals surface area contributed by atoms with Crippen molar-refractivity contribution in [3.05, 3.63) is 30.6 Å². The minimum Gasteiger partial charge on any atom is -0.399 e. The molecular weight excluding hydrogens is 176 g/mol. The lowest BCUT2D eigenvalue weighted by molar-refractivity contribution is 0.660. The third-order valence-electron chi connectivity index (χ3n) is 2.01. The number of nitrogens with two attached hydrogens (primary N) is 1. The normalized spacial score (nSPS) is 10.4. The zero-order valence-corrected chi connectivity index (χ0v) is 8.01. The Morgan fingerprint density at radius 3 is 2.93 bits per heavy atom. The Hall–Kier alpha value is -1.84. The van der Waals surface area contributed by atoms with Gasteiger partial charge >= 0.3 is 0 Å². The lowest BCUT2D eigenvalue weighted by Crippen LogP contribution is -1.94. The van der Waals surface area contributed by atoms with E-state index in [1.54, 1.807) is 11.0 Å². The predicted molar refractivity (Wildman–Crippen MR) is 55.5 cm³/mol. The molecule has 0 aliphatic rings. The molecule has 0 saturated heterocycles. The highest BCUT2D eigenvalue weighted by Gasteiger charge is 2.02. The molecule has 0 bridgehead atoms. The van der Waals surface area contributed by atoms with Crippen LogP contribution in [0.5, 0.6) is 0 Å². The topological polar surface area (TPSA) is 56.7 Å². The van der Waals surface area contributed by atoms with Crippen molar-refractivity contribution in [3.8, 4) is 11.4 Å². The minimum absolute atomic E-state index is 0.721. The van der Waals surface area contributed by atoms with E-state index >= 15 is 0 Å². The summed E-state index contributed by atoms with van der Waals surface area (Å²) in [4.78, 5) is 4.19. The predicted octanol–water partition coefficient (Wildman–Crippen LogP) is 1.55. The van der Waals surface area contributed by atoms with Crippen LogP contribution in [0, 0.1) is 0 Å². The number of anilines is 1. The number of benzene rings is 1. The fourth-order valence-electron chi connectivity index (χ4n) is 1.26. The number of aryl methyl sites for hydroxylation is 1. The van der Waals surface area contributed by atoms with E-state index in [1.807, 2.05) is 31.2 Å². The maximum absolute atomic E-state index is 5.67. The summed E-state index contributed by atoms with van der Waals surface area (Å²) < 4.78 is 1.79. The Bertz CT molecular complexity index is 433. The molecule has 1 aromatic carbocycles. The van der Waals surface area contributed by atoms with Gasteiger partial charge in [-0.3, -0.25) is 4.68 Å². The van der Waals surface area contributed by atoms with Gasteiger partial charge in [-0.15, -0.1) is 0 Å². The van der Waals surface area contributed by atoms with Crippen molar-refractivity contribution in [2.24, 2.45) is 0 Å². The molecule has 0 amide bonds. The van der Waals surface area contributed by atoms with E-state index in [2.05, 4.69) is 10.1 Å². The highest BCUT2D eigenvalue weighted by atomic mass is 15.3. The van der Waals surface area contributed by atoms with Crippen molar-refractivity contribution in [1.29, 1.82) is 0 Å². The molecule has 2 rings (SSSR count). The highest BCUT2D eigenvalue weighted by molar-refractivity contribution is 5.60. The molecule has 0 aliphatic carbocycles. The molecule has 4 nitrogen and oxygen atoms in total. The smallest absolute Gasteiger partial charge is 0.181 e. The van der Waals surface area contributed by atoms with Crippen LogP contribution in [0.2, 0.25) is 0 Å². The Labute approximate surface area is 82.4 Å². The maximum Gasteiger partial charge on any atom is 0.181 e. The summed E-state index contributed by atoms with van der Waals surface area (Å²) in [6.07, 6.45) is 1.72. The van der Waals surface area contributed by atoms with Gasteiger partial charge in [0.15, 0.2) is 5.82 Å². The number of nitrogens with zero attached hydrogens (tertiary/aromatic N) is 3. The molecule has 0 saturated carbocycles. The number of hydrogen-bond acceptors (Lipinski definition) is 3. The minimum atomic E-state index is 0.721.